The third-order valence-electron chi connectivity index (χ3n) is 2.50. The van der Waals surface area contributed by atoms with E-state index in [1.54, 1.807) is 0 Å². The maximum Gasteiger partial charge on any atom is 0.309 e. The van der Waals surface area contributed by atoms with Crippen LogP contribution in [-0.2, 0) is 9.59 Å². The van der Waals surface area contributed by atoms with Gasteiger partial charge in [0.05, 0.1) is 11.8 Å². The Labute approximate surface area is 78.5 Å². The summed E-state index contributed by atoms with van der Waals surface area (Å²) >= 11 is 0. The van der Waals surface area contributed by atoms with Crippen LogP contribution in [0.5, 0.6) is 0 Å². The largest absolute Gasteiger partial charge is 0.481 e. The minimum Gasteiger partial charge on any atom is -0.481 e. The summed E-state index contributed by atoms with van der Waals surface area (Å²) in [5.41, 5.74) is 0. The van der Waals surface area contributed by atoms with E-state index in [2.05, 4.69) is 0 Å². The molecule has 1 saturated carbocycles. The van der Waals surface area contributed by atoms with Crippen molar-refractivity contribution in [3.05, 3.63) is 0 Å². The molecule has 1 rings (SSSR count). The lowest BCUT2D eigenvalue weighted by Crippen LogP contribution is -2.44. The Kier molecular flexibility index (Phi) is 3.03. The van der Waals surface area contributed by atoms with Crippen molar-refractivity contribution in [2.75, 3.05) is 0 Å². The third kappa shape index (κ3) is 1.83. The maximum atomic E-state index is 13.1. The van der Waals surface area contributed by atoms with E-state index < -0.39 is 36.1 Å². The normalized spacial score (nSPS) is 37.9. The molecular weight excluding hydrogens is 198 g/mol. The van der Waals surface area contributed by atoms with Gasteiger partial charge in [0, 0.05) is 0 Å². The van der Waals surface area contributed by atoms with Gasteiger partial charge >= 0.3 is 11.9 Å². The quantitative estimate of drug-likeness (QED) is 0.705. The molecule has 0 aromatic heterocycles. The van der Waals surface area contributed by atoms with Crippen LogP contribution in [0.15, 0.2) is 0 Å². The fraction of sp³-hybridized carbons (Fsp3) is 0.750. The van der Waals surface area contributed by atoms with Crippen molar-refractivity contribution < 1.29 is 28.6 Å². The predicted molar refractivity (Wildman–Crippen MR) is 41.3 cm³/mol. The van der Waals surface area contributed by atoms with Gasteiger partial charge in [0.2, 0.25) is 0 Å². The molecule has 4 nitrogen and oxygen atoms in total. The van der Waals surface area contributed by atoms with Gasteiger partial charge in [0.25, 0.3) is 0 Å². The molecule has 0 bridgehead atoms. The molecule has 0 aromatic carbocycles. The number of alkyl halides is 2. The first-order chi connectivity index (χ1) is 6.45. The van der Waals surface area contributed by atoms with E-state index in [9.17, 15) is 18.4 Å². The Balaban J connectivity index is 2.73. The molecule has 0 radical (unpaired) electrons. The Morgan fingerprint density at radius 3 is 1.43 bits per heavy atom. The fourth-order valence-corrected chi connectivity index (χ4v) is 1.64. The minimum atomic E-state index is -2.22. The first kappa shape index (κ1) is 10.9. The molecule has 4 unspecified atom stereocenters. The lowest BCUT2D eigenvalue weighted by Gasteiger charge is -2.30. The van der Waals surface area contributed by atoms with Crippen molar-refractivity contribution in [1.29, 1.82) is 0 Å². The van der Waals surface area contributed by atoms with E-state index in [0.717, 1.165) is 0 Å². The number of aliphatic carboxylic acids is 2. The van der Waals surface area contributed by atoms with Crippen molar-refractivity contribution in [1.82, 2.24) is 0 Å². The predicted octanol–water partition coefficient (Wildman–Crippen LogP) is 0.858. The molecule has 14 heavy (non-hydrogen) atoms. The van der Waals surface area contributed by atoms with Gasteiger partial charge in [-0.25, -0.2) is 8.78 Å². The molecule has 1 fully saturated rings. The Morgan fingerprint density at radius 2 is 1.21 bits per heavy atom. The van der Waals surface area contributed by atoms with Crippen LogP contribution < -0.4 is 0 Å². The average molecular weight is 208 g/mol. The molecule has 0 saturated heterocycles. The summed E-state index contributed by atoms with van der Waals surface area (Å²) in [6.07, 6.45) is -4.70. The SMILES string of the molecule is O=C(O)C1CCC(C(=O)O)C(F)C1F. The van der Waals surface area contributed by atoms with E-state index in [0.29, 0.717) is 0 Å². The van der Waals surface area contributed by atoms with Crippen LogP contribution in [0.4, 0.5) is 8.78 Å². The van der Waals surface area contributed by atoms with Gasteiger partial charge in [0.1, 0.15) is 12.3 Å². The molecule has 0 amide bonds. The standard InChI is InChI=1S/C8H10F2O4/c9-5-3(7(11)12)1-2-4(6(5)10)8(13)14/h3-6H,1-2H2,(H,11,12)(H,13,14). The second kappa shape index (κ2) is 3.89. The van der Waals surface area contributed by atoms with Crippen LogP contribution in [0.2, 0.25) is 0 Å². The molecule has 1 aliphatic rings. The number of halogens is 2. The van der Waals surface area contributed by atoms with Crippen molar-refractivity contribution in [2.45, 2.75) is 25.2 Å². The minimum absolute atomic E-state index is 0.131. The van der Waals surface area contributed by atoms with E-state index >= 15 is 0 Å². The number of hydrogen-bond donors (Lipinski definition) is 2. The molecule has 0 heterocycles. The molecule has 4 atom stereocenters. The molecule has 6 heteroatoms. The maximum absolute atomic E-state index is 13.1. The molecule has 1 aliphatic carbocycles. The molecule has 0 aromatic rings. The van der Waals surface area contributed by atoms with Crippen LogP contribution in [-0.4, -0.2) is 34.5 Å². The van der Waals surface area contributed by atoms with Gasteiger partial charge in [-0.1, -0.05) is 0 Å². The van der Waals surface area contributed by atoms with Gasteiger partial charge in [-0.3, -0.25) is 9.59 Å². The van der Waals surface area contributed by atoms with Gasteiger partial charge < -0.3 is 10.2 Å². The van der Waals surface area contributed by atoms with Crippen LogP contribution >= 0.6 is 0 Å². The first-order valence-corrected chi connectivity index (χ1v) is 4.19. The highest BCUT2D eigenvalue weighted by atomic mass is 19.2. The van der Waals surface area contributed by atoms with E-state index in [1.165, 1.54) is 0 Å². The first-order valence-electron chi connectivity index (χ1n) is 4.19. The lowest BCUT2D eigenvalue weighted by molar-refractivity contribution is -0.156. The second-order valence-electron chi connectivity index (χ2n) is 3.36. The summed E-state index contributed by atoms with van der Waals surface area (Å²) in [7, 11) is 0. The van der Waals surface area contributed by atoms with Crippen LogP contribution in [0.3, 0.4) is 0 Å². The zero-order valence-corrected chi connectivity index (χ0v) is 7.19. The summed E-state index contributed by atoms with van der Waals surface area (Å²) in [6, 6.07) is 0. The van der Waals surface area contributed by atoms with E-state index in [4.69, 9.17) is 10.2 Å². The monoisotopic (exact) mass is 208 g/mol. The van der Waals surface area contributed by atoms with Crippen molar-refractivity contribution in [3.8, 4) is 0 Å². The number of rotatable bonds is 2. The van der Waals surface area contributed by atoms with E-state index in [-0.39, 0.29) is 12.8 Å². The Morgan fingerprint density at radius 1 is 0.929 bits per heavy atom. The zero-order valence-electron chi connectivity index (χ0n) is 7.19. The molecule has 2 N–H and O–H groups in total. The van der Waals surface area contributed by atoms with Gasteiger partial charge in [-0.15, -0.1) is 0 Å². The van der Waals surface area contributed by atoms with Gasteiger partial charge in [0.15, 0.2) is 0 Å². The number of carbonyl (C=O) groups is 2. The van der Waals surface area contributed by atoms with Crippen LogP contribution in [0.1, 0.15) is 12.8 Å². The highest BCUT2D eigenvalue weighted by Gasteiger charge is 2.46. The fourth-order valence-electron chi connectivity index (χ4n) is 1.64. The van der Waals surface area contributed by atoms with Gasteiger partial charge in [-0.2, -0.15) is 0 Å². The van der Waals surface area contributed by atoms with E-state index in [1.807, 2.05) is 0 Å². The topological polar surface area (TPSA) is 74.6 Å². The van der Waals surface area contributed by atoms with Crippen LogP contribution in [0.25, 0.3) is 0 Å². The van der Waals surface area contributed by atoms with Crippen LogP contribution in [0, 0.1) is 11.8 Å². The third-order valence-corrected chi connectivity index (χ3v) is 2.50. The number of carboxylic acids is 2. The second-order valence-corrected chi connectivity index (χ2v) is 3.36. The lowest BCUT2D eigenvalue weighted by atomic mass is 9.79. The van der Waals surface area contributed by atoms with Crippen molar-refractivity contribution in [3.63, 3.8) is 0 Å². The summed E-state index contributed by atoms with van der Waals surface area (Å²) in [6.45, 7) is 0. The summed E-state index contributed by atoms with van der Waals surface area (Å²) in [5.74, 6) is -5.66. The smallest absolute Gasteiger partial charge is 0.309 e. The van der Waals surface area contributed by atoms with Gasteiger partial charge in [-0.05, 0) is 12.8 Å². The summed E-state index contributed by atoms with van der Waals surface area (Å²) in [5, 5.41) is 17.0. The Hall–Kier alpha value is -1.20. The summed E-state index contributed by atoms with van der Waals surface area (Å²) < 4.78 is 26.2. The molecule has 80 valence electrons. The Bertz CT molecular complexity index is 230. The molecular formula is C8H10F2O4. The van der Waals surface area contributed by atoms with Crippen molar-refractivity contribution >= 4 is 11.9 Å². The number of hydrogen-bond acceptors (Lipinski definition) is 2. The molecule has 0 aliphatic heterocycles. The van der Waals surface area contributed by atoms with Crippen molar-refractivity contribution in [2.24, 2.45) is 11.8 Å². The highest BCUT2D eigenvalue weighted by molar-refractivity contribution is 5.74. The average Bonchev–Trinajstić information content (AvgIpc) is 2.08. The highest BCUT2D eigenvalue weighted by Crippen LogP contribution is 2.34. The summed E-state index contributed by atoms with van der Waals surface area (Å²) in [4.78, 5) is 20.9. The molecule has 0 spiro atoms. The number of carboxylic acid groups (broad SMARTS) is 2. The zero-order chi connectivity index (χ0) is 10.9.